The second-order valence-corrected chi connectivity index (χ2v) is 12.3. The molecule has 0 bridgehead atoms. The Balaban J connectivity index is 1.66. The zero-order valence-corrected chi connectivity index (χ0v) is 18.8. The largest absolute Gasteiger partial charge is 0.391 e. The zero-order valence-electron chi connectivity index (χ0n) is 15.5. The highest BCUT2D eigenvalue weighted by Gasteiger charge is 2.69. The van der Waals surface area contributed by atoms with E-state index in [-0.39, 0.29) is 16.3 Å². The summed E-state index contributed by atoms with van der Waals surface area (Å²) in [6.45, 7) is 1.08. The van der Waals surface area contributed by atoms with E-state index >= 15 is 0 Å². The van der Waals surface area contributed by atoms with Gasteiger partial charge in [0.25, 0.3) is 0 Å². The zero-order chi connectivity index (χ0) is 19.5. The van der Waals surface area contributed by atoms with Gasteiger partial charge < -0.3 is 15.1 Å². The summed E-state index contributed by atoms with van der Waals surface area (Å²) < 4.78 is 0. The number of rotatable bonds is 2. The van der Waals surface area contributed by atoms with Gasteiger partial charge in [-0.2, -0.15) is 0 Å². The fourth-order valence-electron chi connectivity index (χ4n) is 5.32. The Labute approximate surface area is 181 Å². The third-order valence-corrected chi connectivity index (χ3v) is 11.7. The molecular weight excluding hydrogens is 430 g/mol. The van der Waals surface area contributed by atoms with Gasteiger partial charge >= 0.3 is 0 Å². The molecule has 5 rings (SSSR count). The van der Waals surface area contributed by atoms with Crippen molar-refractivity contribution in [1.29, 1.82) is 0 Å². The predicted octanol–water partition coefficient (Wildman–Crippen LogP) is 3.29. The minimum absolute atomic E-state index is 0.0589. The molecular formula is C20H23NO3S4. The third-order valence-electron chi connectivity index (χ3n) is 6.48. The first-order valence-corrected chi connectivity index (χ1v) is 13.3. The molecule has 2 spiro atoms. The Morgan fingerprint density at radius 2 is 1.39 bits per heavy atom. The summed E-state index contributed by atoms with van der Waals surface area (Å²) in [4.78, 5) is 18.9. The summed E-state index contributed by atoms with van der Waals surface area (Å²) in [6.07, 6.45) is -1.39. The number of piperidine rings is 1. The number of likely N-dealkylation sites (tertiary alicyclic amines) is 1. The van der Waals surface area contributed by atoms with Gasteiger partial charge in [0, 0.05) is 34.3 Å². The van der Waals surface area contributed by atoms with Gasteiger partial charge in [0.15, 0.2) is 5.78 Å². The summed E-state index contributed by atoms with van der Waals surface area (Å²) in [5.74, 6) is 1.20. The number of hydrogen-bond donors (Lipinski definition) is 2. The van der Waals surface area contributed by atoms with Gasteiger partial charge in [0.1, 0.15) is 0 Å². The molecule has 8 heteroatoms. The molecule has 3 aliphatic heterocycles. The SMILES string of the molecule is CN1CC2(C(=O)C3(C1)C(O)CSC3c1cccs1)C(O)CSC2c1cccs1. The van der Waals surface area contributed by atoms with Crippen molar-refractivity contribution in [2.75, 3.05) is 31.6 Å². The molecule has 0 aliphatic carbocycles. The third kappa shape index (κ3) is 2.58. The van der Waals surface area contributed by atoms with Gasteiger partial charge in [-0.05, 0) is 29.9 Å². The minimum Gasteiger partial charge on any atom is -0.391 e. The quantitative estimate of drug-likeness (QED) is 0.728. The molecule has 150 valence electrons. The van der Waals surface area contributed by atoms with Gasteiger partial charge in [-0.3, -0.25) is 4.79 Å². The fourth-order valence-corrected chi connectivity index (χ4v) is 10.8. The van der Waals surface area contributed by atoms with Gasteiger partial charge in [-0.15, -0.1) is 46.2 Å². The van der Waals surface area contributed by atoms with E-state index in [4.69, 9.17) is 0 Å². The standard InChI is InChI=1S/C20H23NO3S4/c1-21-10-19(14(22)8-27-16(19)12-4-2-6-25-12)18(24)20(11-21)15(23)9-28-17(20)13-5-3-7-26-13/h2-7,14-17,22-23H,8-11H2,1H3. The van der Waals surface area contributed by atoms with E-state index in [1.807, 2.05) is 29.9 Å². The molecule has 3 fully saturated rings. The van der Waals surface area contributed by atoms with Crippen molar-refractivity contribution >= 4 is 52.0 Å². The van der Waals surface area contributed by atoms with Gasteiger partial charge in [0.05, 0.1) is 33.5 Å². The second kappa shape index (κ2) is 7.11. The van der Waals surface area contributed by atoms with E-state index in [0.29, 0.717) is 24.6 Å². The predicted molar refractivity (Wildman–Crippen MR) is 118 cm³/mol. The number of thioether (sulfide) groups is 2. The molecule has 3 saturated heterocycles. The van der Waals surface area contributed by atoms with Crippen molar-refractivity contribution in [2.45, 2.75) is 22.7 Å². The number of carbonyl (C=O) groups excluding carboxylic acids is 1. The van der Waals surface area contributed by atoms with Crippen LogP contribution < -0.4 is 0 Å². The Kier molecular flexibility index (Phi) is 4.98. The molecule has 6 atom stereocenters. The van der Waals surface area contributed by atoms with Crippen molar-refractivity contribution in [3.63, 3.8) is 0 Å². The maximum Gasteiger partial charge on any atom is 0.155 e. The monoisotopic (exact) mass is 453 g/mol. The van der Waals surface area contributed by atoms with Crippen LogP contribution in [0.3, 0.4) is 0 Å². The number of thiophene rings is 2. The molecule has 5 heterocycles. The molecule has 3 aliphatic rings. The molecule has 4 nitrogen and oxygen atoms in total. The molecule has 0 saturated carbocycles. The van der Waals surface area contributed by atoms with Crippen LogP contribution in [0.25, 0.3) is 0 Å². The Bertz CT molecular complexity index is 789. The average Bonchev–Trinajstić information content (AvgIpc) is 3.44. The highest BCUT2D eigenvalue weighted by atomic mass is 32.2. The van der Waals surface area contributed by atoms with Crippen LogP contribution in [0.4, 0.5) is 0 Å². The first kappa shape index (κ1) is 19.6. The van der Waals surface area contributed by atoms with E-state index in [1.165, 1.54) is 0 Å². The summed E-state index contributed by atoms with van der Waals surface area (Å²) >= 11 is 6.69. The summed E-state index contributed by atoms with van der Waals surface area (Å²) in [5.41, 5.74) is -1.74. The van der Waals surface area contributed by atoms with Crippen molar-refractivity contribution < 1.29 is 15.0 Å². The van der Waals surface area contributed by atoms with E-state index in [0.717, 1.165) is 9.75 Å². The van der Waals surface area contributed by atoms with Crippen LogP contribution in [0.5, 0.6) is 0 Å². The first-order valence-electron chi connectivity index (χ1n) is 9.39. The number of nitrogens with zero attached hydrogens (tertiary/aromatic N) is 1. The number of ketones is 1. The lowest BCUT2D eigenvalue weighted by atomic mass is 9.59. The van der Waals surface area contributed by atoms with E-state index < -0.39 is 23.0 Å². The first-order chi connectivity index (χ1) is 13.5. The Morgan fingerprint density at radius 3 is 1.79 bits per heavy atom. The van der Waals surface area contributed by atoms with Crippen LogP contribution in [0.15, 0.2) is 35.0 Å². The van der Waals surface area contributed by atoms with E-state index in [2.05, 4.69) is 17.0 Å². The van der Waals surface area contributed by atoms with Crippen molar-refractivity contribution in [2.24, 2.45) is 10.8 Å². The molecule has 0 amide bonds. The van der Waals surface area contributed by atoms with Gasteiger partial charge in [-0.1, -0.05) is 12.1 Å². The average molecular weight is 454 g/mol. The van der Waals surface area contributed by atoms with Crippen LogP contribution in [0, 0.1) is 10.8 Å². The highest BCUT2D eigenvalue weighted by molar-refractivity contribution is 8.00. The minimum atomic E-state index is -0.871. The highest BCUT2D eigenvalue weighted by Crippen LogP contribution is 2.65. The fraction of sp³-hybridized carbons (Fsp3) is 0.550. The smallest absolute Gasteiger partial charge is 0.155 e. The molecule has 6 unspecified atom stereocenters. The van der Waals surface area contributed by atoms with Crippen LogP contribution in [-0.4, -0.2) is 64.7 Å². The van der Waals surface area contributed by atoms with Gasteiger partial charge in [0.2, 0.25) is 0 Å². The lowest BCUT2D eigenvalue weighted by Gasteiger charge is -2.52. The van der Waals surface area contributed by atoms with E-state index in [9.17, 15) is 15.0 Å². The molecule has 2 N–H and O–H groups in total. The number of hydrogen-bond acceptors (Lipinski definition) is 8. The summed E-state index contributed by atoms with van der Waals surface area (Å²) in [6, 6.07) is 8.18. The molecule has 0 radical (unpaired) electrons. The van der Waals surface area contributed by atoms with Crippen molar-refractivity contribution in [1.82, 2.24) is 4.90 Å². The Hall–Kier alpha value is -0.350. The van der Waals surface area contributed by atoms with Crippen LogP contribution in [0.2, 0.25) is 0 Å². The normalized spacial score (nSPS) is 41.5. The van der Waals surface area contributed by atoms with Crippen LogP contribution in [0.1, 0.15) is 20.3 Å². The second-order valence-electron chi connectivity index (χ2n) is 8.07. The topological polar surface area (TPSA) is 60.8 Å². The summed E-state index contributed by atoms with van der Waals surface area (Å²) in [5, 5.41) is 26.3. The number of aliphatic hydroxyl groups excluding tert-OH is 2. The van der Waals surface area contributed by atoms with Crippen LogP contribution in [-0.2, 0) is 4.79 Å². The number of aliphatic hydroxyl groups is 2. The van der Waals surface area contributed by atoms with Crippen LogP contribution >= 0.6 is 46.2 Å². The van der Waals surface area contributed by atoms with E-state index in [1.54, 1.807) is 46.2 Å². The number of carbonyl (C=O) groups is 1. The van der Waals surface area contributed by atoms with Gasteiger partial charge in [-0.25, -0.2) is 0 Å². The molecule has 2 aromatic rings. The maximum absolute atomic E-state index is 14.4. The lowest BCUT2D eigenvalue weighted by molar-refractivity contribution is -0.163. The van der Waals surface area contributed by atoms with Crippen molar-refractivity contribution in [3.8, 4) is 0 Å². The Morgan fingerprint density at radius 1 is 0.929 bits per heavy atom. The molecule has 28 heavy (non-hydrogen) atoms. The summed E-state index contributed by atoms with van der Waals surface area (Å²) in [7, 11) is 2.03. The molecule has 0 aromatic carbocycles. The molecule has 2 aromatic heterocycles. The lowest BCUT2D eigenvalue weighted by Crippen LogP contribution is -2.66. The maximum atomic E-state index is 14.4. The number of Topliss-reactive ketones (excluding diaryl/α,β-unsaturated/α-hetero) is 1. The van der Waals surface area contributed by atoms with Crippen molar-refractivity contribution in [3.05, 3.63) is 44.8 Å².